The standard InChI is InChI=1S/C11H3BrF12/c12-6-3-4(8(14,15)16)1-2-5(6)7(13,10(19,20)21)9(17,18)11(22,23)24/h1-3H. The molecule has 0 radical (unpaired) electrons. The number of halogens is 13. The fourth-order valence-electron chi connectivity index (χ4n) is 1.67. The topological polar surface area (TPSA) is 0 Å². The van der Waals surface area contributed by atoms with E-state index in [9.17, 15) is 52.7 Å². The number of benzene rings is 1. The summed E-state index contributed by atoms with van der Waals surface area (Å²) >= 11 is 1.99. The minimum Gasteiger partial charge on any atom is -0.221 e. The summed E-state index contributed by atoms with van der Waals surface area (Å²) in [5.74, 6) is -6.96. The first-order chi connectivity index (χ1) is 10.4. The molecule has 0 N–H and O–H groups in total. The maximum Gasteiger partial charge on any atom is 0.457 e. The maximum atomic E-state index is 14.1. The molecule has 24 heavy (non-hydrogen) atoms. The molecule has 0 aliphatic heterocycles. The third-order valence-electron chi connectivity index (χ3n) is 2.85. The van der Waals surface area contributed by atoms with Crippen molar-refractivity contribution in [2.24, 2.45) is 0 Å². The van der Waals surface area contributed by atoms with Crippen LogP contribution in [0, 0.1) is 0 Å². The zero-order chi connectivity index (χ0) is 19.4. The van der Waals surface area contributed by atoms with Gasteiger partial charge < -0.3 is 0 Å². The van der Waals surface area contributed by atoms with Gasteiger partial charge in [0.1, 0.15) is 0 Å². The Morgan fingerprint density at radius 2 is 1.12 bits per heavy atom. The average Bonchev–Trinajstić information content (AvgIpc) is 2.33. The molecule has 0 fully saturated rings. The van der Waals surface area contributed by atoms with Crippen LogP contribution in [0.4, 0.5) is 52.7 Å². The quantitative estimate of drug-likeness (QED) is 0.465. The van der Waals surface area contributed by atoms with Crippen molar-refractivity contribution < 1.29 is 52.7 Å². The van der Waals surface area contributed by atoms with E-state index in [4.69, 9.17) is 0 Å². The van der Waals surface area contributed by atoms with E-state index in [1.54, 1.807) is 0 Å². The Morgan fingerprint density at radius 1 is 0.667 bits per heavy atom. The normalized spacial score (nSPS) is 16.9. The van der Waals surface area contributed by atoms with E-state index in [0.717, 1.165) is 0 Å². The van der Waals surface area contributed by atoms with Crippen LogP contribution in [-0.2, 0) is 11.8 Å². The van der Waals surface area contributed by atoms with Gasteiger partial charge in [0.15, 0.2) is 0 Å². The fourth-order valence-corrected chi connectivity index (χ4v) is 2.32. The van der Waals surface area contributed by atoms with Crippen LogP contribution in [0.1, 0.15) is 11.1 Å². The van der Waals surface area contributed by atoms with Crippen molar-refractivity contribution in [1.29, 1.82) is 0 Å². The molecular formula is C11H3BrF12. The molecule has 0 saturated heterocycles. The van der Waals surface area contributed by atoms with Crippen LogP contribution in [0.25, 0.3) is 0 Å². The molecule has 0 nitrogen and oxygen atoms in total. The Balaban J connectivity index is 3.73. The molecule has 1 rings (SSSR count). The summed E-state index contributed by atoms with van der Waals surface area (Å²) in [4.78, 5) is 0. The van der Waals surface area contributed by atoms with Crippen LogP contribution in [0.2, 0.25) is 0 Å². The maximum absolute atomic E-state index is 14.1. The molecule has 13 heteroatoms. The number of hydrogen-bond donors (Lipinski definition) is 0. The van der Waals surface area contributed by atoms with Gasteiger partial charge in [0.25, 0.3) is 0 Å². The summed E-state index contributed by atoms with van der Waals surface area (Å²) in [6.45, 7) is 0. The highest BCUT2D eigenvalue weighted by molar-refractivity contribution is 9.10. The Morgan fingerprint density at radius 3 is 1.42 bits per heavy atom. The van der Waals surface area contributed by atoms with Crippen molar-refractivity contribution >= 4 is 15.9 Å². The van der Waals surface area contributed by atoms with Gasteiger partial charge in [-0.2, -0.15) is 48.3 Å². The van der Waals surface area contributed by atoms with Gasteiger partial charge in [-0.05, 0) is 12.1 Å². The summed E-state index contributed by atoms with van der Waals surface area (Å²) in [5, 5.41) is 0. The molecule has 0 aromatic heterocycles. The third kappa shape index (κ3) is 3.18. The lowest BCUT2D eigenvalue weighted by Gasteiger charge is -2.36. The summed E-state index contributed by atoms with van der Waals surface area (Å²) in [6, 6.07) is -0.908. The van der Waals surface area contributed by atoms with E-state index in [-0.39, 0.29) is 12.1 Å². The molecule has 1 aromatic carbocycles. The molecule has 138 valence electrons. The molecule has 0 spiro atoms. The zero-order valence-electron chi connectivity index (χ0n) is 10.6. The Bertz CT molecular complexity index is 611. The molecule has 1 aromatic rings. The summed E-state index contributed by atoms with van der Waals surface area (Å²) in [6.07, 6.45) is -18.9. The summed E-state index contributed by atoms with van der Waals surface area (Å²) < 4.78 is 151. The van der Waals surface area contributed by atoms with Gasteiger partial charge in [0.05, 0.1) is 5.56 Å². The molecule has 0 aliphatic rings. The Labute approximate surface area is 133 Å². The molecule has 0 heterocycles. The van der Waals surface area contributed by atoms with Crippen LogP contribution in [-0.4, -0.2) is 18.3 Å². The Hall–Kier alpha value is -1.14. The predicted octanol–water partition coefficient (Wildman–Crippen LogP) is 6.39. The first-order valence-corrected chi connectivity index (χ1v) is 6.24. The van der Waals surface area contributed by atoms with Crippen molar-refractivity contribution in [2.75, 3.05) is 0 Å². The lowest BCUT2D eigenvalue weighted by Crippen LogP contribution is -2.59. The van der Waals surface area contributed by atoms with Crippen LogP contribution in [0.15, 0.2) is 22.7 Å². The largest absolute Gasteiger partial charge is 0.457 e. The number of rotatable bonds is 2. The second-order valence-corrected chi connectivity index (χ2v) is 5.28. The van der Waals surface area contributed by atoms with Crippen molar-refractivity contribution in [1.82, 2.24) is 0 Å². The van der Waals surface area contributed by atoms with E-state index in [1.807, 2.05) is 15.9 Å². The minimum atomic E-state index is -6.96. The average molecular weight is 443 g/mol. The van der Waals surface area contributed by atoms with Gasteiger partial charge in [0, 0.05) is 10.0 Å². The van der Waals surface area contributed by atoms with Crippen molar-refractivity contribution in [3.8, 4) is 0 Å². The van der Waals surface area contributed by atoms with Gasteiger partial charge in [-0.15, -0.1) is 0 Å². The fraction of sp³-hybridized carbons (Fsp3) is 0.455. The molecule has 1 atom stereocenters. The Kier molecular flexibility index (Phi) is 4.96. The van der Waals surface area contributed by atoms with Crippen LogP contribution in [0.5, 0.6) is 0 Å². The highest BCUT2D eigenvalue weighted by atomic mass is 79.9. The highest BCUT2D eigenvalue weighted by Crippen LogP contribution is 2.59. The van der Waals surface area contributed by atoms with Gasteiger partial charge in [-0.1, -0.05) is 22.0 Å². The van der Waals surface area contributed by atoms with E-state index in [1.165, 1.54) is 0 Å². The van der Waals surface area contributed by atoms with Crippen molar-refractivity contribution in [3.63, 3.8) is 0 Å². The lowest BCUT2D eigenvalue weighted by molar-refractivity contribution is -0.389. The molecule has 0 bridgehead atoms. The molecule has 1 unspecified atom stereocenters. The minimum absolute atomic E-state index is 0.234. The van der Waals surface area contributed by atoms with Crippen molar-refractivity contribution in [3.05, 3.63) is 33.8 Å². The second kappa shape index (κ2) is 5.70. The van der Waals surface area contributed by atoms with Gasteiger partial charge >= 0.3 is 30.1 Å². The van der Waals surface area contributed by atoms with Crippen LogP contribution >= 0.6 is 15.9 Å². The van der Waals surface area contributed by atoms with Crippen LogP contribution < -0.4 is 0 Å². The highest BCUT2D eigenvalue weighted by Gasteiger charge is 2.82. The number of alkyl halides is 12. The predicted molar refractivity (Wildman–Crippen MR) is 59.0 cm³/mol. The summed E-state index contributed by atoms with van der Waals surface area (Å²) in [7, 11) is 0. The molecular weight excluding hydrogens is 440 g/mol. The zero-order valence-corrected chi connectivity index (χ0v) is 12.2. The molecule has 0 saturated carbocycles. The SMILES string of the molecule is FC(F)(F)c1ccc(C(F)(C(F)(F)F)C(F)(F)C(F)(F)F)c(Br)c1. The smallest absolute Gasteiger partial charge is 0.221 e. The van der Waals surface area contributed by atoms with Gasteiger partial charge in [-0.25, -0.2) is 4.39 Å². The molecule has 0 amide bonds. The van der Waals surface area contributed by atoms with E-state index in [0.29, 0.717) is 0 Å². The van der Waals surface area contributed by atoms with E-state index >= 15 is 0 Å². The van der Waals surface area contributed by atoms with Crippen LogP contribution in [0.3, 0.4) is 0 Å². The first kappa shape index (κ1) is 20.9. The molecule has 0 aliphatic carbocycles. The number of hydrogen-bond acceptors (Lipinski definition) is 0. The van der Waals surface area contributed by atoms with Gasteiger partial charge in [-0.3, -0.25) is 0 Å². The van der Waals surface area contributed by atoms with E-state index in [2.05, 4.69) is 0 Å². The summed E-state index contributed by atoms with van der Waals surface area (Å²) in [5.41, 5.74) is -10.3. The second-order valence-electron chi connectivity index (χ2n) is 4.42. The third-order valence-corrected chi connectivity index (χ3v) is 3.50. The van der Waals surface area contributed by atoms with Gasteiger partial charge in [0.2, 0.25) is 0 Å². The van der Waals surface area contributed by atoms with Crippen molar-refractivity contribution in [2.45, 2.75) is 30.1 Å². The van der Waals surface area contributed by atoms with E-state index < -0.39 is 51.8 Å². The first-order valence-electron chi connectivity index (χ1n) is 5.44. The monoisotopic (exact) mass is 442 g/mol. The lowest BCUT2D eigenvalue weighted by atomic mass is 9.87.